The van der Waals surface area contributed by atoms with Gasteiger partial charge < -0.3 is 19.7 Å². The predicted octanol–water partition coefficient (Wildman–Crippen LogP) is 5.22. The van der Waals surface area contributed by atoms with E-state index in [9.17, 15) is 14.7 Å². The van der Waals surface area contributed by atoms with Crippen LogP contribution < -0.4 is 10.1 Å². The van der Waals surface area contributed by atoms with Gasteiger partial charge in [0, 0.05) is 29.7 Å². The molecular formula is C24H18N2O4. The molecule has 0 saturated carbocycles. The van der Waals surface area contributed by atoms with Crippen LogP contribution in [-0.4, -0.2) is 21.6 Å². The van der Waals surface area contributed by atoms with Gasteiger partial charge in [-0.15, -0.1) is 0 Å². The van der Waals surface area contributed by atoms with E-state index in [4.69, 9.17) is 4.74 Å². The summed E-state index contributed by atoms with van der Waals surface area (Å²) in [5.74, 6) is -0.527. The molecule has 6 nitrogen and oxygen atoms in total. The number of para-hydroxylation sites is 1. The Kier molecular flexibility index (Phi) is 5.30. The number of carboxylic acid groups (broad SMARTS) is 1. The second-order valence-electron chi connectivity index (χ2n) is 6.52. The third-order valence-electron chi connectivity index (χ3n) is 4.46. The Labute approximate surface area is 173 Å². The first kappa shape index (κ1) is 19.0. The van der Waals surface area contributed by atoms with Crippen molar-refractivity contribution in [2.45, 2.75) is 0 Å². The number of nitrogens with one attached hydrogen (secondary N) is 1. The van der Waals surface area contributed by atoms with Crippen molar-refractivity contribution in [3.05, 3.63) is 108 Å². The highest BCUT2D eigenvalue weighted by atomic mass is 16.5. The second kappa shape index (κ2) is 8.36. The van der Waals surface area contributed by atoms with Crippen molar-refractivity contribution in [3.8, 4) is 17.2 Å². The standard InChI is InChI=1S/C24H18N2O4/c27-23(17-7-6-8-18(15-17)26-13-4-5-14-26)25-22-16-20(11-12-21(22)24(28)29)30-19-9-2-1-3-10-19/h1-16H,(H,25,27)(H,28,29). The molecule has 0 aliphatic carbocycles. The lowest BCUT2D eigenvalue weighted by molar-refractivity contribution is 0.0698. The molecule has 0 aliphatic rings. The van der Waals surface area contributed by atoms with Crippen LogP contribution in [0.5, 0.6) is 11.5 Å². The number of rotatable bonds is 6. The van der Waals surface area contributed by atoms with E-state index >= 15 is 0 Å². The smallest absolute Gasteiger partial charge is 0.337 e. The van der Waals surface area contributed by atoms with Crippen molar-refractivity contribution in [2.75, 3.05) is 5.32 Å². The first-order valence-electron chi connectivity index (χ1n) is 9.25. The summed E-state index contributed by atoms with van der Waals surface area (Å²) in [6.45, 7) is 0. The Balaban J connectivity index is 1.61. The summed E-state index contributed by atoms with van der Waals surface area (Å²) in [6.07, 6.45) is 3.76. The molecule has 0 unspecified atom stereocenters. The number of nitrogens with zero attached hydrogens (tertiary/aromatic N) is 1. The molecule has 148 valence electrons. The van der Waals surface area contributed by atoms with E-state index in [1.807, 2.05) is 53.4 Å². The van der Waals surface area contributed by atoms with Crippen LogP contribution in [-0.2, 0) is 0 Å². The maximum absolute atomic E-state index is 12.8. The van der Waals surface area contributed by atoms with Gasteiger partial charge >= 0.3 is 5.97 Å². The predicted molar refractivity (Wildman–Crippen MR) is 114 cm³/mol. The number of hydrogen-bond acceptors (Lipinski definition) is 3. The zero-order valence-corrected chi connectivity index (χ0v) is 15.9. The molecule has 0 bridgehead atoms. The van der Waals surface area contributed by atoms with Gasteiger partial charge in [0.05, 0.1) is 11.3 Å². The number of anilines is 1. The molecule has 2 N–H and O–H groups in total. The average molecular weight is 398 g/mol. The van der Waals surface area contributed by atoms with Crippen LogP contribution in [0, 0.1) is 0 Å². The lowest BCUT2D eigenvalue weighted by atomic mass is 10.1. The zero-order valence-electron chi connectivity index (χ0n) is 15.9. The molecule has 0 fully saturated rings. The quantitative estimate of drug-likeness (QED) is 0.467. The van der Waals surface area contributed by atoms with E-state index in [0.29, 0.717) is 17.1 Å². The van der Waals surface area contributed by atoms with Gasteiger partial charge in [-0.25, -0.2) is 4.79 Å². The Morgan fingerprint density at radius 1 is 0.800 bits per heavy atom. The Hall–Kier alpha value is -4.32. The third kappa shape index (κ3) is 4.23. The summed E-state index contributed by atoms with van der Waals surface area (Å²) in [5.41, 5.74) is 1.37. The van der Waals surface area contributed by atoms with Crippen molar-refractivity contribution >= 4 is 17.6 Å². The highest BCUT2D eigenvalue weighted by Crippen LogP contribution is 2.27. The van der Waals surface area contributed by atoms with E-state index in [1.54, 1.807) is 36.4 Å². The van der Waals surface area contributed by atoms with E-state index in [2.05, 4.69) is 5.32 Å². The molecule has 0 atom stereocenters. The molecule has 0 saturated heterocycles. The number of aromatic carboxylic acids is 1. The summed E-state index contributed by atoms with van der Waals surface area (Å²) in [5, 5.41) is 12.2. The fourth-order valence-corrected chi connectivity index (χ4v) is 3.01. The van der Waals surface area contributed by atoms with Crippen LogP contribution in [0.2, 0.25) is 0 Å². The lowest BCUT2D eigenvalue weighted by Crippen LogP contribution is -2.15. The minimum Gasteiger partial charge on any atom is -0.478 e. The third-order valence-corrected chi connectivity index (χ3v) is 4.46. The van der Waals surface area contributed by atoms with Crippen molar-refractivity contribution in [3.63, 3.8) is 0 Å². The van der Waals surface area contributed by atoms with Crippen molar-refractivity contribution in [2.24, 2.45) is 0 Å². The summed E-state index contributed by atoms with van der Waals surface area (Å²) < 4.78 is 7.64. The zero-order chi connectivity index (χ0) is 20.9. The second-order valence-corrected chi connectivity index (χ2v) is 6.52. The number of carbonyl (C=O) groups excluding carboxylic acids is 1. The van der Waals surface area contributed by atoms with E-state index in [1.165, 1.54) is 12.1 Å². The minimum atomic E-state index is -1.14. The van der Waals surface area contributed by atoms with Gasteiger partial charge in [0.1, 0.15) is 11.5 Å². The van der Waals surface area contributed by atoms with Gasteiger partial charge in [-0.1, -0.05) is 24.3 Å². The van der Waals surface area contributed by atoms with Crippen molar-refractivity contribution in [1.29, 1.82) is 0 Å². The van der Waals surface area contributed by atoms with Crippen LogP contribution in [0.1, 0.15) is 20.7 Å². The molecule has 6 heteroatoms. The molecule has 4 aromatic rings. The molecule has 3 aromatic carbocycles. The largest absolute Gasteiger partial charge is 0.478 e. The number of amides is 1. The van der Waals surface area contributed by atoms with E-state index < -0.39 is 11.9 Å². The highest BCUT2D eigenvalue weighted by Gasteiger charge is 2.15. The van der Waals surface area contributed by atoms with Crippen molar-refractivity contribution < 1.29 is 19.4 Å². The van der Waals surface area contributed by atoms with Crippen LogP contribution in [0.4, 0.5) is 5.69 Å². The van der Waals surface area contributed by atoms with Gasteiger partial charge in [-0.2, -0.15) is 0 Å². The molecule has 0 spiro atoms. The minimum absolute atomic E-state index is 0.0228. The van der Waals surface area contributed by atoms with Crippen LogP contribution in [0.15, 0.2) is 97.3 Å². The topological polar surface area (TPSA) is 80.6 Å². The summed E-state index contributed by atoms with van der Waals surface area (Å²) in [4.78, 5) is 24.4. The van der Waals surface area contributed by atoms with Gasteiger partial charge in [0.15, 0.2) is 0 Å². The lowest BCUT2D eigenvalue weighted by Gasteiger charge is -2.12. The number of ether oxygens (including phenoxy) is 1. The summed E-state index contributed by atoms with van der Waals surface area (Å²) in [6, 6.07) is 24.4. The van der Waals surface area contributed by atoms with E-state index in [-0.39, 0.29) is 11.3 Å². The monoisotopic (exact) mass is 398 g/mol. The maximum atomic E-state index is 12.8. The molecule has 30 heavy (non-hydrogen) atoms. The number of carbonyl (C=O) groups is 2. The first-order valence-corrected chi connectivity index (χ1v) is 9.25. The fraction of sp³-hybridized carbons (Fsp3) is 0. The summed E-state index contributed by atoms with van der Waals surface area (Å²) >= 11 is 0. The fourth-order valence-electron chi connectivity index (χ4n) is 3.01. The average Bonchev–Trinajstić information content (AvgIpc) is 3.29. The molecule has 1 amide bonds. The van der Waals surface area contributed by atoms with Crippen LogP contribution >= 0.6 is 0 Å². The van der Waals surface area contributed by atoms with E-state index in [0.717, 1.165) is 5.69 Å². The highest BCUT2D eigenvalue weighted by molar-refractivity contribution is 6.08. The molecule has 1 aromatic heterocycles. The molecule has 1 heterocycles. The molecule has 0 aliphatic heterocycles. The van der Waals surface area contributed by atoms with Gasteiger partial charge in [0.25, 0.3) is 5.91 Å². The Morgan fingerprint density at radius 2 is 1.57 bits per heavy atom. The van der Waals surface area contributed by atoms with Gasteiger partial charge in [-0.3, -0.25) is 4.79 Å². The number of hydrogen-bond donors (Lipinski definition) is 2. The Morgan fingerprint density at radius 3 is 2.30 bits per heavy atom. The maximum Gasteiger partial charge on any atom is 0.337 e. The normalized spacial score (nSPS) is 10.4. The van der Waals surface area contributed by atoms with Gasteiger partial charge in [0.2, 0.25) is 0 Å². The number of aromatic nitrogens is 1. The van der Waals surface area contributed by atoms with Crippen LogP contribution in [0.25, 0.3) is 5.69 Å². The Bertz CT molecular complexity index is 1190. The summed E-state index contributed by atoms with van der Waals surface area (Å²) in [7, 11) is 0. The molecular weight excluding hydrogens is 380 g/mol. The first-order chi connectivity index (χ1) is 14.6. The number of benzene rings is 3. The van der Waals surface area contributed by atoms with Crippen molar-refractivity contribution in [1.82, 2.24) is 4.57 Å². The van der Waals surface area contributed by atoms with Crippen LogP contribution in [0.3, 0.4) is 0 Å². The SMILES string of the molecule is O=C(Nc1cc(Oc2ccccc2)ccc1C(=O)O)c1cccc(-n2cccc2)c1. The van der Waals surface area contributed by atoms with Gasteiger partial charge in [-0.05, 0) is 54.6 Å². The molecule has 4 rings (SSSR count). The molecule has 0 radical (unpaired) electrons. The number of carboxylic acids is 1.